The lowest BCUT2D eigenvalue weighted by Crippen LogP contribution is -2.49. The van der Waals surface area contributed by atoms with Gasteiger partial charge in [0, 0.05) is 22.7 Å². The molecule has 1 fully saturated rings. The Balaban J connectivity index is 2.19. The first-order valence-electron chi connectivity index (χ1n) is 7.33. The minimum Gasteiger partial charge on any atom is -0.508 e. The number of hydrogen-bond donors (Lipinski definition) is 2. The van der Waals surface area contributed by atoms with Crippen molar-refractivity contribution >= 4 is 17.6 Å². The molecule has 1 aromatic carbocycles. The quantitative estimate of drug-likeness (QED) is 0.871. The molecule has 116 valence electrons. The van der Waals surface area contributed by atoms with Gasteiger partial charge in [-0.1, -0.05) is 30.9 Å². The van der Waals surface area contributed by atoms with Gasteiger partial charge >= 0.3 is 5.97 Å². The highest BCUT2D eigenvalue weighted by Crippen LogP contribution is 2.37. The van der Waals surface area contributed by atoms with Gasteiger partial charge in [-0.05, 0) is 38.1 Å². The van der Waals surface area contributed by atoms with Crippen LogP contribution >= 0.6 is 11.6 Å². The van der Waals surface area contributed by atoms with Crippen LogP contribution in [0.3, 0.4) is 0 Å². The van der Waals surface area contributed by atoms with Gasteiger partial charge in [0.2, 0.25) is 0 Å². The largest absolute Gasteiger partial charge is 0.508 e. The van der Waals surface area contributed by atoms with Crippen LogP contribution < -0.4 is 0 Å². The summed E-state index contributed by atoms with van der Waals surface area (Å²) in [6.45, 7) is 0.500. The van der Waals surface area contributed by atoms with E-state index >= 15 is 0 Å². The van der Waals surface area contributed by atoms with E-state index in [9.17, 15) is 15.0 Å². The van der Waals surface area contributed by atoms with E-state index < -0.39 is 5.97 Å². The van der Waals surface area contributed by atoms with E-state index in [1.165, 1.54) is 0 Å². The number of phenolic OH excluding ortho intramolecular Hbond substituents is 1. The zero-order chi connectivity index (χ0) is 15.5. The van der Waals surface area contributed by atoms with Crippen LogP contribution in [0, 0.1) is 0 Å². The van der Waals surface area contributed by atoms with Gasteiger partial charge in [-0.15, -0.1) is 0 Å². The molecule has 2 rings (SSSR count). The summed E-state index contributed by atoms with van der Waals surface area (Å²) in [7, 11) is 1.94. The van der Waals surface area contributed by atoms with E-state index in [1.54, 1.807) is 18.2 Å². The molecule has 2 N–H and O–H groups in total. The van der Waals surface area contributed by atoms with Gasteiger partial charge in [-0.25, -0.2) is 0 Å². The van der Waals surface area contributed by atoms with Crippen molar-refractivity contribution in [1.29, 1.82) is 0 Å². The summed E-state index contributed by atoms with van der Waals surface area (Å²) in [4.78, 5) is 13.3. The molecule has 0 heterocycles. The number of rotatable bonds is 5. The lowest BCUT2D eigenvalue weighted by molar-refractivity contribution is -0.141. The molecule has 1 aliphatic rings. The Labute approximate surface area is 130 Å². The SMILES string of the molecule is CN(Cc1cc(Cl)ccc1O)C1(CC(=O)O)CCCCC1. The van der Waals surface area contributed by atoms with E-state index in [4.69, 9.17) is 11.6 Å². The number of phenols is 1. The highest BCUT2D eigenvalue weighted by molar-refractivity contribution is 6.30. The predicted molar refractivity (Wildman–Crippen MR) is 82.7 cm³/mol. The molecule has 0 amide bonds. The van der Waals surface area contributed by atoms with Gasteiger partial charge in [0.1, 0.15) is 5.75 Å². The van der Waals surface area contributed by atoms with Crippen LogP contribution in [0.25, 0.3) is 0 Å². The zero-order valence-electron chi connectivity index (χ0n) is 12.3. The van der Waals surface area contributed by atoms with Crippen LogP contribution in [-0.4, -0.2) is 33.7 Å². The van der Waals surface area contributed by atoms with Crippen molar-refractivity contribution in [3.8, 4) is 5.75 Å². The molecule has 0 radical (unpaired) electrons. The first kappa shape index (κ1) is 16.1. The molecule has 1 aromatic rings. The summed E-state index contributed by atoms with van der Waals surface area (Å²) in [5.41, 5.74) is 0.416. The molecule has 5 heteroatoms. The molecule has 0 spiro atoms. The number of carbonyl (C=O) groups is 1. The third-order valence-corrected chi connectivity index (χ3v) is 4.76. The van der Waals surface area contributed by atoms with Crippen molar-refractivity contribution < 1.29 is 15.0 Å². The van der Waals surface area contributed by atoms with Crippen molar-refractivity contribution in [2.75, 3.05) is 7.05 Å². The Morgan fingerprint density at radius 3 is 2.62 bits per heavy atom. The standard InChI is InChI=1S/C16H22ClNO3/c1-18(11-12-9-13(17)5-6-14(12)19)16(10-15(20)21)7-3-2-4-8-16/h5-6,9,19H,2-4,7-8,10-11H2,1H3,(H,20,21). The van der Waals surface area contributed by atoms with E-state index in [-0.39, 0.29) is 17.7 Å². The van der Waals surface area contributed by atoms with E-state index in [0.29, 0.717) is 11.6 Å². The number of carboxylic acids is 1. The van der Waals surface area contributed by atoms with Gasteiger partial charge in [-0.2, -0.15) is 0 Å². The van der Waals surface area contributed by atoms with Crippen LogP contribution in [-0.2, 0) is 11.3 Å². The van der Waals surface area contributed by atoms with Gasteiger partial charge in [0.25, 0.3) is 0 Å². The smallest absolute Gasteiger partial charge is 0.305 e. The summed E-state index contributed by atoms with van der Waals surface area (Å²) >= 11 is 5.98. The molecule has 0 aromatic heterocycles. The first-order valence-corrected chi connectivity index (χ1v) is 7.71. The van der Waals surface area contributed by atoms with Gasteiger partial charge in [0.05, 0.1) is 6.42 Å². The Kier molecular flexibility index (Phi) is 5.12. The van der Waals surface area contributed by atoms with Crippen LogP contribution in [0.2, 0.25) is 5.02 Å². The fourth-order valence-corrected chi connectivity index (χ4v) is 3.48. The fraction of sp³-hybridized carbons (Fsp3) is 0.562. The molecule has 4 nitrogen and oxygen atoms in total. The van der Waals surface area contributed by atoms with Gasteiger partial charge < -0.3 is 10.2 Å². The summed E-state index contributed by atoms with van der Waals surface area (Å²) in [6, 6.07) is 4.97. The minimum atomic E-state index is -0.765. The second-order valence-electron chi connectivity index (χ2n) is 5.98. The number of aliphatic carboxylic acids is 1. The van der Waals surface area contributed by atoms with E-state index in [2.05, 4.69) is 4.90 Å². The molecule has 1 saturated carbocycles. The molecule has 1 aliphatic carbocycles. The minimum absolute atomic E-state index is 0.144. The summed E-state index contributed by atoms with van der Waals surface area (Å²) in [6.07, 6.45) is 5.19. The number of benzene rings is 1. The zero-order valence-corrected chi connectivity index (χ0v) is 13.1. The molecule has 0 aliphatic heterocycles. The van der Waals surface area contributed by atoms with E-state index in [1.807, 2.05) is 7.05 Å². The molecule has 0 saturated heterocycles. The number of carboxylic acid groups (broad SMARTS) is 1. The highest BCUT2D eigenvalue weighted by Gasteiger charge is 2.38. The lowest BCUT2D eigenvalue weighted by atomic mass is 9.78. The molecular formula is C16H22ClNO3. The fourth-order valence-electron chi connectivity index (χ4n) is 3.29. The Bertz CT molecular complexity index is 512. The maximum absolute atomic E-state index is 11.3. The van der Waals surface area contributed by atoms with Gasteiger partial charge in [0.15, 0.2) is 0 Å². The summed E-state index contributed by atoms with van der Waals surface area (Å²) < 4.78 is 0. The third-order valence-electron chi connectivity index (χ3n) is 4.52. The van der Waals surface area contributed by atoms with E-state index in [0.717, 1.165) is 37.7 Å². The maximum Gasteiger partial charge on any atom is 0.305 e. The van der Waals surface area contributed by atoms with Crippen LogP contribution in [0.4, 0.5) is 0 Å². The molecule has 0 bridgehead atoms. The monoisotopic (exact) mass is 311 g/mol. The van der Waals surface area contributed by atoms with Crippen molar-refractivity contribution in [2.45, 2.75) is 50.6 Å². The summed E-state index contributed by atoms with van der Waals surface area (Å²) in [5, 5.41) is 19.8. The molecule has 0 unspecified atom stereocenters. The number of halogens is 1. The number of nitrogens with zero attached hydrogens (tertiary/aromatic N) is 1. The number of aromatic hydroxyl groups is 1. The molecule has 21 heavy (non-hydrogen) atoms. The average molecular weight is 312 g/mol. The Morgan fingerprint density at radius 2 is 2.00 bits per heavy atom. The van der Waals surface area contributed by atoms with Crippen LogP contribution in [0.15, 0.2) is 18.2 Å². The maximum atomic E-state index is 11.3. The predicted octanol–water partition coefficient (Wildman–Crippen LogP) is 3.66. The third kappa shape index (κ3) is 3.89. The molecular weight excluding hydrogens is 290 g/mol. The average Bonchev–Trinajstić information content (AvgIpc) is 2.43. The van der Waals surface area contributed by atoms with Gasteiger partial charge in [-0.3, -0.25) is 9.69 Å². The normalized spacial score (nSPS) is 17.9. The summed E-state index contributed by atoms with van der Waals surface area (Å²) in [5.74, 6) is -0.563. The lowest BCUT2D eigenvalue weighted by Gasteiger charge is -2.44. The number of hydrogen-bond acceptors (Lipinski definition) is 3. The highest BCUT2D eigenvalue weighted by atomic mass is 35.5. The Morgan fingerprint density at radius 1 is 1.33 bits per heavy atom. The molecule has 0 atom stereocenters. The second-order valence-corrected chi connectivity index (χ2v) is 6.42. The topological polar surface area (TPSA) is 60.8 Å². The van der Waals surface area contributed by atoms with Crippen molar-refractivity contribution in [3.05, 3.63) is 28.8 Å². The first-order chi connectivity index (χ1) is 9.93. The van der Waals surface area contributed by atoms with Crippen LogP contribution in [0.5, 0.6) is 5.75 Å². The van der Waals surface area contributed by atoms with Crippen molar-refractivity contribution in [1.82, 2.24) is 4.90 Å². The van der Waals surface area contributed by atoms with Crippen LogP contribution in [0.1, 0.15) is 44.1 Å². The Hall–Kier alpha value is -1.26. The second kappa shape index (κ2) is 6.67. The van der Waals surface area contributed by atoms with Crippen molar-refractivity contribution in [2.24, 2.45) is 0 Å². The van der Waals surface area contributed by atoms with Crippen molar-refractivity contribution in [3.63, 3.8) is 0 Å².